The average molecular weight is 280 g/mol. The summed E-state index contributed by atoms with van der Waals surface area (Å²) in [5.74, 6) is 0.357. The number of hydrogen-bond donors (Lipinski definition) is 1. The Morgan fingerprint density at radius 3 is 2.80 bits per heavy atom. The van der Waals surface area contributed by atoms with Crippen LogP contribution in [-0.2, 0) is 0 Å². The fourth-order valence-corrected chi connectivity index (χ4v) is 1.79. The van der Waals surface area contributed by atoms with Gasteiger partial charge in [0.1, 0.15) is 0 Å². The summed E-state index contributed by atoms with van der Waals surface area (Å²) in [4.78, 5) is 10.5. The van der Waals surface area contributed by atoms with Crippen LogP contribution in [0.25, 0.3) is 0 Å². The maximum Gasteiger partial charge on any atom is 0.311 e. The van der Waals surface area contributed by atoms with Gasteiger partial charge >= 0.3 is 5.69 Å². The molecular weight excluding hydrogens is 256 g/mol. The predicted molar refractivity (Wildman–Crippen MR) is 80.3 cm³/mol. The third-order valence-corrected chi connectivity index (χ3v) is 3.24. The van der Waals surface area contributed by atoms with Gasteiger partial charge in [-0.25, -0.2) is 0 Å². The van der Waals surface area contributed by atoms with E-state index in [0.717, 1.165) is 31.4 Å². The molecule has 0 saturated carbocycles. The molecule has 1 rings (SSSR count). The van der Waals surface area contributed by atoms with Gasteiger partial charge in [0.05, 0.1) is 11.5 Å². The molecular formula is C15H24N2O3. The second-order valence-corrected chi connectivity index (χ2v) is 5.05. The summed E-state index contributed by atoms with van der Waals surface area (Å²) in [6, 6.07) is 5.58. The molecule has 0 aliphatic heterocycles. The maximum atomic E-state index is 10.9. The minimum Gasteiger partial charge on any atom is -0.487 e. The molecule has 0 aliphatic carbocycles. The number of rotatable bonds is 9. The zero-order chi connectivity index (χ0) is 15.0. The molecule has 0 amide bonds. The Balaban J connectivity index is 2.33. The number of nitro benzene ring substituents is 1. The fraction of sp³-hybridized carbons (Fsp3) is 0.600. The third-order valence-electron chi connectivity index (χ3n) is 3.24. The zero-order valence-corrected chi connectivity index (χ0v) is 12.5. The smallest absolute Gasteiger partial charge is 0.311 e. The lowest BCUT2D eigenvalue weighted by molar-refractivity contribution is -0.385. The van der Waals surface area contributed by atoms with Crippen LogP contribution < -0.4 is 10.1 Å². The summed E-state index contributed by atoms with van der Waals surface area (Å²) in [6.45, 7) is 7.60. The second kappa shape index (κ2) is 8.53. The highest BCUT2D eigenvalue weighted by molar-refractivity contribution is 5.48. The van der Waals surface area contributed by atoms with Crippen LogP contribution in [0.2, 0.25) is 0 Å². The number of benzene rings is 1. The Morgan fingerprint density at radius 1 is 1.40 bits per heavy atom. The van der Waals surface area contributed by atoms with E-state index >= 15 is 0 Å². The lowest BCUT2D eigenvalue weighted by Crippen LogP contribution is -2.26. The van der Waals surface area contributed by atoms with Crippen LogP contribution in [0.1, 0.15) is 38.7 Å². The molecule has 0 radical (unpaired) electrons. The zero-order valence-electron chi connectivity index (χ0n) is 12.5. The minimum atomic E-state index is -0.396. The molecule has 1 N–H and O–H groups in total. The largest absolute Gasteiger partial charge is 0.487 e. The van der Waals surface area contributed by atoms with Crippen LogP contribution in [-0.4, -0.2) is 24.1 Å². The molecule has 1 aromatic rings. The van der Waals surface area contributed by atoms with Crippen molar-refractivity contribution < 1.29 is 9.66 Å². The number of nitrogens with zero attached hydrogens (tertiary/aromatic N) is 1. The van der Waals surface area contributed by atoms with E-state index in [0.29, 0.717) is 18.4 Å². The first-order valence-corrected chi connectivity index (χ1v) is 7.15. The van der Waals surface area contributed by atoms with Crippen molar-refractivity contribution in [1.82, 2.24) is 5.32 Å². The van der Waals surface area contributed by atoms with Crippen molar-refractivity contribution in [1.29, 1.82) is 0 Å². The Bertz CT molecular complexity index is 435. The number of aryl methyl sites for hydroxylation is 1. The molecule has 1 atom stereocenters. The molecule has 20 heavy (non-hydrogen) atoms. The van der Waals surface area contributed by atoms with E-state index in [9.17, 15) is 10.1 Å². The highest BCUT2D eigenvalue weighted by Gasteiger charge is 2.14. The van der Waals surface area contributed by atoms with Crippen LogP contribution >= 0.6 is 0 Å². The number of ether oxygens (including phenoxy) is 1. The summed E-state index contributed by atoms with van der Waals surface area (Å²) >= 11 is 0. The first-order valence-electron chi connectivity index (χ1n) is 7.15. The summed E-state index contributed by atoms with van der Waals surface area (Å²) < 4.78 is 5.52. The summed E-state index contributed by atoms with van der Waals surface area (Å²) in [6.07, 6.45) is 3.00. The highest BCUT2D eigenvalue weighted by atomic mass is 16.6. The topological polar surface area (TPSA) is 64.4 Å². The van der Waals surface area contributed by atoms with Crippen molar-refractivity contribution in [2.75, 3.05) is 13.2 Å². The van der Waals surface area contributed by atoms with Crippen molar-refractivity contribution in [3.05, 3.63) is 33.9 Å². The normalized spacial score (nSPS) is 12.2. The monoisotopic (exact) mass is 280 g/mol. The summed E-state index contributed by atoms with van der Waals surface area (Å²) in [5.41, 5.74) is 0.907. The lowest BCUT2D eigenvalue weighted by Gasteiger charge is -2.11. The van der Waals surface area contributed by atoms with Gasteiger partial charge in [0.25, 0.3) is 0 Å². The molecule has 0 saturated heterocycles. The van der Waals surface area contributed by atoms with Gasteiger partial charge in [-0.15, -0.1) is 0 Å². The highest BCUT2D eigenvalue weighted by Crippen LogP contribution is 2.27. The molecule has 112 valence electrons. The Kier molecular flexibility index (Phi) is 7.01. The van der Waals surface area contributed by atoms with Gasteiger partial charge in [-0.1, -0.05) is 13.0 Å². The van der Waals surface area contributed by atoms with E-state index in [-0.39, 0.29) is 5.69 Å². The van der Waals surface area contributed by atoms with Gasteiger partial charge in [-0.2, -0.15) is 0 Å². The Morgan fingerprint density at radius 2 is 2.15 bits per heavy atom. The van der Waals surface area contributed by atoms with Gasteiger partial charge < -0.3 is 10.1 Å². The van der Waals surface area contributed by atoms with Crippen molar-refractivity contribution in [3.63, 3.8) is 0 Å². The van der Waals surface area contributed by atoms with Gasteiger partial charge in [-0.05, 0) is 51.3 Å². The molecule has 0 fully saturated rings. The quantitative estimate of drug-likeness (QED) is 0.427. The van der Waals surface area contributed by atoms with Crippen LogP contribution in [0.5, 0.6) is 5.75 Å². The minimum absolute atomic E-state index is 0.0442. The number of hydrogen-bond acceptors (Lipinski definition) is 4. The molecule has 0 unspecified atom stereocenters. The molecule has 0 aliphatic rings. The van der Waals surface area contributed by atoms with E-state index in [1.807, 2.05) is 13.0 Å². The number of nitrogens with one attached hydrogen (secondary N) is 1. The number of unbranched alkanes of at least 4 members (excludes halogenated alkanes) is 1. The van der Waals surface area contributed by atoms with Gasteiger partial charge in [0, 0.05) is 12.1 Å². The lowest BCUT2D eigenvalue weighted by atomic mass is 10.2. The summed E-state index contributed by atoms with van der Waals surface area (Å²) in [5, 5.41) is 14.3. The third kappa shape index (κ3) is 5.57. The van der Waals surface area contributed by atoms with E-state index in [2.05, 4.69) is 19.2 Å². The van der Waals surface area contributed by atoms with Gasteiger partial charge in [0.2, 0.25) is 0 Å². The van der Waals surface area contributed by atoms with E-state index in [1.54, 1.807) is 12.1 Å². The van der Waals surface area contributed by atoms with Crippen LogP contribution in [0.15, 0.2) is 18.2 Å². The van der Waals surface area contributed by atoms with Crippen molar-refractivity contribution in [2.45, 2.75) is 46.1 Å². The van der Waals surface area contributed by atoms with Crippen LogP contribution in [0.4, 0.5) is 5.69 Å². The standard InChI is InChI=1S/C15H24N2O3/c1-4-13(3)16-9-5-6-10-20-15-8-7-12(2)11-14(15)17(18)19/h7-8,11,13,16H,4-6,9-10H2,1-3H3/t13-/m0/s1. The Hall–Kier alpha value is -1.62. The average Bonchev–Trinajstić information content (AvgIpc) is 2.43. The van der Waals surface area contributed by atoms with E-state index in [1.165, 1.54) is 0 Å². The Labute approximate surface area is 120 Å². The SMILES string of the molecule is CC[C@H](C)NCCCCOc1ccc(C)cc1[N+](=O)[O-]. The fourth-order valence-electron chi connectivity index (χ4n) is 1.79. The second-order valence-electron chi connectivity index (χ2n) is 5.05. The van der Waals surface area contributed by atoms with Crippen LogP contribution in [0, 0.1) is 17.0 Å². The predicted octanol–water partition coefficient (Wildman–Crippen LogP) is 3.45. The van der Waals surface area contributed by atoms with Crippen molar-refractivity contribution >= 4 is 5.69 Å². The van der Waals surface area contributed by atoms with Gasteiger partial charge in [0.15, 0.2) is 5.75 Å². The number of nitro groups is 1. The van der Waals surface area contributed by atoms with E-state index in [4.69, 9.17) is 4.74 Å². The van der Waals surface area contributed by atoms with Gasteiger partial charge in [-0.3, -0.25) is 10.1 Å². The molecule has 0 heterocycles. The van der Waals surface area contributed by atoms with Crippen molar-refractivity contribution in [2.24, 2.45) is 0 Å². The maximum absolute atomic E-state index is 10.9. The molecule has 0 spiro atoms. The molecule has 5 heteroatoms. The molecule has 1 aromatic carbocycles. The molecule has 5 nitrogen and oxygen atoms in total. The van der Waals surface area contributed by atoms with Crippen LogP contribution in [0.3, 0.4) is 0 Å². The first kappa shape index (κ1) is 16.4. The van der Waals surface area contributed by atoms with Crippen molar-refractivity contribution in [3.8, 4) is 5.75 Å². The first-order chi connectivity index (χ1) is 9.54. The summed E-state index contributed by atoms with van der Waals surface area (Å²) in [7, 11) is 0. The molecule has 0 aromatic heterocycles. The molecule has 0 bridgehead atoms. The van der Waals surface area contributed by atoms with E-state index < -0.39 is 4.92 Å².